The van der Waals surface area contributed by atoms with E-state index >= 15 is 0 Å². The third-order valence-corrected chi connectivity index (χ3v) is 3.07. The molecule has 2 nitrogen and oxygen atoms in total. The van der Waals surface area contributed by atoms with E-state index in [1.54, 1.807) is 0 Å². The van der Waals surface area contributed by atoms with Gasteiger partial charge in [-0.2, -0.15) is 0 Å². The molecule has 1 N–H and O–H groups in total. The van der Waals surface area contributed by atoms with E-state index < -0.39 is 0 Å². The van der Waals surface area contributed by atoms with Gasteiger partial charge >= 0.3 is 0 Å². The van der Waals surface area contributed by atoms with Crippen molar-refractivity contribution in [3.63, 3.8) is 0 Å². The van der Waals surface area contributed by atoms with E-state index in [1.165, 1.54) is 11.1 Å². The highest BCUT2D eigenvalue weighted by Gasteiger charge is 2.14. The lowest BCUT2D eigenvalue weighted by atomic mass is 9.87. The van der Waals surface area contributed by atoms with Gasteiger partial charge in [0.2, 0.25) is 0 Å². The van der Waals surface area contributed by atoms with Crippen LogP contribution < -0.4 is 0 Å². The minimum absolute atomic E-state index is 0. The highest BCUT2D eigenvalue weighted by Crippen LogP contribution is 2.28. The van der Waals surface area contributed by atoms with Gasteiger partial charge in [0.25, 0.3) is 0 Å². The summed E-state index contributed by atoms with van der Waals surface area (Å²) in [5.41, 5.74) is 3.23. The maximum Gasteiger partial charge on any atom is 0.0549 e. The summed E-state index contributed by atoms with van der Waals surface area (Å²) >= 11 is 0. The number of benzene rings is 2. The minimum atomic E-state index is 0. The van der Waals surface area contributed by atoms with E-state index in [2.05, 4.69) is 29.4 Å². The second-order valence-corrected chi connectivity index (χ2v) is 4.41. The van der Waals surface area contributed by atoms with Crippen LogP contribution in [0.2, 0.25) is 0 Å². The van der Waals surface area contributed by atoms with Crippen LogP contribution in [-0.2, 0) is 0 Å². The lowest BCUT2D eigenvalue weighted by Gasteiger charge is -2.17. The Balaban J connectivity index is 0.00000180. The molecule has 0 saturated heterocycles. The minimum Gasteiger partial charge on any atom is -0.411 e. The Kier molecular flexibility index (Phi) is 6.10. The number of hydrogen-bond acceptors (Lipinski definition) is 2. The Labute approximate surface area is 120 Å². The first-order chi connectivity index (χ1) is 8.81. The molecule has 2 aromatic carbocycles. The van der Waals surface area contributed by atoms with Crippen molar-refractivity contribution in [2.45, 2.75) is 19.3 Å². The molecule has 19 heavy (non-hydrogen) atoms. The summed E-state index contributed by atoms with van der Waals surface area (Å²) in [6.07, 6.45) is 0.727. The van der Waals surface area contributed by atoms with E-state index in [-0.39, 0.29) is 18.3 Å². The number of nitrogens with zero attached hydrogens (tertiary/aromatic N) is 1. The van der Waals surface area contributed by atoms with Crippen LogP contribution in [0, 0.1) is 0 Å². The Morgan fingerprint density at radius 3 is 1.74 bits per heavy atom. The van der Waals surface area contributed by atoms with Crippen molar-refractivity contribution in [3.05, 3.63) is 71.8 Å². The molecule has 0 heterocycles. The van der Waals surface area contributed by atoms with Crippen molar-refractivity contribution >= 4 is 18.1 Å². The van der Waals surface area contributed by atoms with Crippen LogP contribution in [0.3, 0.4) is 0 Å². The zero-order valence-corrected chi connectivity index (χ0v) is 11.7. The molecular formula is C16H18ClNO. The molecule has 0 atom stereocenters. The van der Waals surface area contributed by atoms with E-state index in [0.717, 1.165) is 12.1 Å². The van der Waals surface area contributed by atoms with Crippen LogP contribution in [0.25, 0.3) is 0 Å². The van der Waals surface area contributed by atoms with Gasteiger partial charge in [0.1, 0.15) is 0 Å². The van der Waals surface area contributed by atoms with Crippen LogP contribution in [0.4, 0.5) is 0 Å². The van der Waals surface area contributed by atoms with Gasteiger partial charge in [-0.25, -0.2) is 0 Å². The molecule has 3 heteroatoms. The summed E-state index contributed by atoms with van der Waals surface area (Å²) in [7, 11) is 0. The first-order valence-electron chi connectivity index (χ1n) is 6.08. The predicted molar refractivity (Wildman–Crippen MR) is 81.5 cm³/mol. The predicted octanol–water partition coefficient (Wildman–Crippen LogP) is 4.48. The summed E-state index contributed by atoms with van der Waals surface area (Å²) in [6, 6.07) is 20.6. The van der Waals surface area contributed by atoms with Crippen molar-refractivity contribution in [1.82, 2.24) is 0 Å². The van der Waals surface area contributed by atoms with Crippen molar-refractivity contribution in [3.8, 4) is 0 Å². The maximum absolute atomic E-state index is 8.87. The van der Waals surface area contributed by atoms with Crippen LogP contribution in [0.5, 0.6) is 0 Å². The fraction of sp³-hybridized carbons (Fsp3) is 0.188. The SMILES string of the molecule is C/C(CC(c1ccccc1)c1ccccc1)=N/O.Cl. The molecule has 0 aromatic heterocycles. The molecule has 0 aliphatic carbocycles. The van der Waals surface area contributed by atoms with Gasteiger partial charge < -0.3 is 5.21 Å². The first kappa shape index (κ1) is 15.3. The summed E-state index contributed by atoms with van der Waals surface area (Å²) in [5, 5.41) is 12.2. The lowest BCUT2D eigenvalue weighted by Crippen LogP contribution is -2.06. The molecule has 100 valence electrons. The van der Waals surface area contributed by atoms with Gasteiger partial charge in [-0.3, -0.25) is 0 Å². The summed E-state index contributed by atoms with van der Waals surface area (Å²) in [4.78, 5) is 0. The van der Waals surface area contributed by atoms with Crippen molar-refractivity contribution < 1.29 is 5.21 Å². The molecule has 0 unspecified atom stereocenters. The second-order valence-electron chi connectivity index (χ2n) is 4.41. The molecule has 0 saturated carbocycles. The largest absolute Gasteiger partial charge is 0.411 e. The Morgan fingerprint density at radius 2 is 1.37 bits per heavy atom. The average Bonchev–Trinajstić information content (AvgIpc) is 2.46. The Bertz CT molecular complexity index is 471. The number of oxime groups is 1. The first-order valence-corrected chi connectivity index (χ1v) is 6.08. The topological polar surface area (TPSA) is 32.6 Å². The monoisotopic (exact) mass is 275 g/mol. The zero-order chi connectivity index (χ0) is 12.8. The third-order valence-electron chi connectivity index (χ3n) is 3.07. The van der Waals surface area contributed by atoms with Crippen molar-refractivity contribution in [1.29, 1.82) is 0 Å². The summed E-state index contributed by atoms with van der Waals surface area (Å²) in [5.74, 6) is 0.239. The Morgan fingerprint density at radius 1 is 0.947 bits per heavy atom. The summed E-state index contributed by atoms with van der Waals surface area (Å²) < 4.78 is 0. The fourth-order valence-corrected chi connectivity index (χ4v) is 2.14. The molecule has 0 radical (unpaired) electrons. The van der Waals surface area contributed by atoms with Crippen LogP contribution in [-0.4, -0.2) is 10.9 Å². The number of halogens is 1. The molecule has 0 amide bonds. The molecule has 0 aliphatic heterocycles. The normalized spacial score (nSPS) is 11.2. The molecule has 2 aromatic rings. The van der Waals surface area contributed by atoms with Gasteiger partial charge in [0.15, 0.2) is 0 Å². The molecular weight excluding hydrogens is 258 g/mol. The molecule has 0 bridgehead atoms. The van der Waals surface area contributed by atoms with E-state index in [4.69, 9.17) is 5.21 Å². The average molecular weight is 276 g/mol. The maximum atomic E-state index is 8.87. The fourth-order valence-electron chi connectivity index (χ4n) is 2.14. The summed E-state index contributed by atoms with van der Waals surface area (Å²) in [6.45, 7) is 1.85. The quantitative estimate of drug-likeness (QED) is 0.498. The smallest absolute Gasteiger partial charge is 0.0549 e. The Hall–Kier alpha value is -1.80. The van der Waals surface area contributed by atoms with Gasteiger partial charge in [-0.15, -0.1) is 12.4 Å². The van der Waals surface area contributed by atoms with Gasteiger partial charge in [-0.1, -0.05) is 65.8 Å². The van der Waals surface area contributed by atoms with Gasteiger partial charge in [0, 0.05) is 5.92 Å². The van der Waals surface area contributed by atoms with E-state index in [1.807, 2.05) is 43.3 Å². The van der Waals surface area contributed by atoms with Crippen LogP contribution in [0.1, 0.15) is 30.4 Å². The van der Waals surface area contributed by atoms with Crippen molar-refractivity contribution in [2.24, 2.45) is 5.16 Å². The van der Waals surface area contributed by atoms with Crippen LogP contribution in [0.15, 0.2) is 65.8 Å². The standard InChI is InChI=1S/C16H17NO.ClH/c1-13(17-18)12-16(14-8-4-2-5-9-14)15-10-6-3-7-11-15;/h2-11,16,18H,12H2,1H3;1H/b17-13-;. The molecule has 0 fully saturated rings. The molecule has 0 spiro atoms. The molecule has 0 aliphatic rings. The molecule has 2 rings (SSSR count). The highest BCUT2D eigenvalue weighted by atomic mass is 35.5. The van der Waals surface area contributed by atoms with Gasteiger partial charge in [-0.05, 0) is 24.5 Å². The van der Waals surface area contributed by atoms with E-state index in [0.29, 0.717) is 0 Å². The van der Waals surface area contributed by atoms with Crippen molar-refractivity contribution in [2.75, 3.05) is 0 Å². The number of hydrogen-bond donors (Lipinski definition) is 1. The lowest BCUT2D eigenvalue weighted by molar-refractivity contribution is 0.317. The van der Waals surface area contributed by atoms with Crippen LogP contribution >= 0.6 is 12.4 Å². The van der Waals surface area contributed by atoms with Gasteiger partial charge in [0.05, 0.1) is 5.71 Å². The third kappa shape index (κ3) is 4.11. The van der Waals surface area contributed by atoms with E-state index in [9.17, 15) is 0 Å². The highest BCUT2D eigenvalue weighted by molar-refractivity contribution is 5.85. The second kappa shape index (κ2) is 7.59. The number of rotatable bonds is 4. The zero-order valence-electron chi connectivity index (χ0n) is 10.9.